The number of fused-ring (bicyclic) bond motifs is 2. The van der Waals surface area contributed by atoms with Crippen LogP contribution < -0.4 is 14.7 Å². The number of hydrogen-bond acceptors (Lipinski definition) is 6. The Bertz CT molecular complexity index is 1880. The molecule has 4 aromatic rings. The first-order chi connectivity index (χ1) is 19.9. The molecular formula is C33H18N2O6. The molecule has 0 saturated carbocycles. The summed E-state index contributed by atoms with van der Waals surface area (Å²) >= 11 is 0. The highest BCUT2D eigenvalue weighted by atomic mass is 16.7. The molecule has 0 spiro atoms. The Morgan fingerprint density at radius 1 is 0.732 bits per heavy atom. The summed E-state index contributed by atoms with van der Waals surface area (Å²) in [6.45, 7) is 0.0203. The number of rotatable bonds is 4. The molecule has 8 nitrogen and oxygen atoms in total. The standard InChI is InChI=1S/C33H18N2O6/c1-3-20-10-12-27-23(14-20)19-40-35(32(27)38)25-17-22(33(39)41-26-8-6-5-7-9-26)16-24(18-25)34-30(36)28-13-11-21(4-2)15-29(28)31(34)37/h1-2,5-18H,19H2. The lowest BCUT2D eigenvalue weighted by molar-refractivity contribution is 0.0529. The lowest BCUT2D eigenvalue weighted by Crippen LogP contribution is -2.36. The molecule has 0 unspecified atom stereocenters. The van der Waals surface area contributed by atoms with Crippen LogP contribution in [-0.2, 0) is 11.4 Å². The molecule has 4 aromatic carbocycles. The predicted octanol–water partition coefficient (Wildman–Crippen LogP) is 4.76. The Balaban J connectivity index is 1.44. The topological polar surface area (TPSA) is 93.2 Å². The van der Waals surface area contributed by atoms with E-state index < -0.39 is 23.7 Å². The normalized spacial score (nSPS) is 13.8. The second-order valence-corrected chi connectivity index (χ2v) is 9.18. The molecule has 0 aliphatic carbocycles. The highest BCUT2D eigenvalue weighted by Gasteiger charge is 2.38. The number of imide groups is 1. The maximum Gasteiger partial charge on any atom is 0.343 e. The van der Waals surface area contributed by atoms with Crippen molar-refractivity contribution >= 4 is 35.1 Å². The number of anilines is 2. The number of esters is 1. The molecule has 2 heterocycles. The molecule has 41 heavy (non-hydrogen) atoms. The first kappa shape index (κ1) is 25.3. The van der Waals surface area contributed by atoms with Crippen molar-refractivity contribution in [2.24, 2.45) is 0 Å². The van der Waals surface area contributed by atoms with Gasteiger partial charge in [0.05, 0.1) is 28.1 Å². The lowest BCUT2D eigenvalue weighted by atomic mass is 10.0. The van der Waals surface area contributed by atoms with Gasteiger partial charge in [0.2, 0.25) is 0 Å². The van der Waals surface area contributed by atoms with Crippen molar-refractivity contribution in [1.29, 1.82) is 0 Å². The maximum atomic E-state index is 13.5. The zero-order chi connectivity index (χ0) is 28.7. The molecular weight excluding hydrogens is 520 g/mol. The largest absolute Gasteiger partial charge is 0.423 e. The van der Waals surface area contributed by atoms with Crippen LogP contribution in [0.25, 0.3) is 0 Å². The molecule has 0 atom stereocenters. The van der Waals surface area contributed by atoms with Crippen LogP contribution in [0, 0.1) is 24.7 Å². The second kappa shape index (κ2) is 9.97. The first-order valence-corrected chi connectivity index (χ1v) is 12.4. The minimum absolute atomic E-state index is 0.0203. The molecule has 0 bridgehead atoms. The third-order valence-electron chi connectivity index (χ3n) is 6.67. The number of amides is 3. The van der Waals surface area contributed by atoms with Crippen molar-refractivity contribution in [2.45, 2.75) is 6.61 Å². The molecule has 196 valence electrons. The van der Waals surface area contributed by atoms with E-state index in [4.69, 9.17) is 22.4 Å². The number of nitrogens with zero attached hydrogens (tertiary/aromatic N) is 2. The molecule has 0 aromatic heterocycles. The second-order valence-electron chi connectivity index (χ2n) is 9.18. The number of para-hydroxylation sites is 1. The summed E-state index contributed by atoms with van der Waals surface area (Å²) in [5.74, 6) is 2.74. The molecule has 6 rings (SSSR count). The van der Waals surface area contributed by atoms with E-state index in [0.717, 1.165) is 9.96 Å². The van der Waals surface area contributed by atoms with Gasteiger partial charge in [0.1, 0.15) is 12.4 Å². The van der Waals surface area contributed by atoms with E-state index in [9.17, 15) is 19.2 Å². The van der Waals surface area contributed by atoms with Gasteiger partial charge in [0.25, 0.3) is 17.7 Å². The van der Waals surface area contributed by atoms with E-state index in [-0.39, 0.29) is 40.4 Å². The molecule has 0 radical (unpaired) electrons. The lowest BCUT2D eigenvalue weighted by Gasteiger charge is -2.29. The van der Waals surface area contributed by atoms with Crippen molar-refractivity contribution in [3.05, 3.63) is 124 Å². The zero-order valence-corrected chi connectivity index (χ0v) is 21.3. The van der Waals surface area contributed by atoms with E-state index in [1.807, 2.05) is 0 Å². The van der Waals surface area contributed by atoms with Gasteiger partial charge in [-0.05, 0) is 72.3 Å². The summed E-state index contributed by atoms with van der Waals surface area (Å²) < 4.78 is 5.50. The van der Waals surface area contributed by atoms with Crippen LogP contribution in [0.1, 0.15) is 58.1 Å². The van der Waals surface area contributed by atoms with E-state index in [2.05, 4.69) is 11.8 Å². The summed E-state index contributed by atoms with van der Waals surface area (Å²) in [4.78, 5) is 60.2. The van der Waals surface area contributed by atoms with E-state index in [0.29, 0.717) is 22.3 Å². The van der Waals surface area contributed by atoms with E-state index in [1.54, 1.807) is 54.6 Å². The summed E-state index contributed by atoms with van der Waals surface area (Å²) in [6, 6.07) is 22.0. The van der Waals surface area contributed by atoms with Crippen molar-refractivity contribution in [2.75, 3.05) is 9.96 Å². The summed E-state index contributed by atoms with van der Waals surface area (Å²) in [5.41, 5.74) is 2.42. The van der Waals surface area contributed by atoms with Gasteiger partial charge in [-0.1, -0.05) is 30.0 Å². The molecule has 8 heteroatoms. The first-order valence-electron chi connectivity index (χ1n) is 12.4. The Hall–Kier alpha value is -5.96. The number of ether oxygens (including phenoxy) is 1. The van der Waals surface area contributed by atoms with Crippen LogP contribution in [0.15, 0.2) is 84.9 Å². The number of benzene rings is 4. The van der Waals surface area contributed by atoms with Gasteiger partial charge < -0.3 is 4.74 Å². The zero-order valence-electron chi connectivity index (χ0n) is 21.3. The van der Waals surface area contributed by atoms with E-state index >= 15 is 0 Å². The minimum atomic E-state index is -0.769. The Morgan fingerprint density at radius 3 is 2.12 bits per heavy atom. The molecule has 2 aliphatic rings. The fraction of sp³-hybridized carbons (Fsp3) is 0.0303. The van der Waals surface area contributed by atoms with Crippen LogP contribution in [0.4, 0.5) is 11.4 Å². The fourth-order valence-corrected chi connectivity index (χ4v) is 4.68. The van der Waals surface area contributed by atoms with E-state index in [1.165, 1.54) is 30.3 Å². The van der Waals surface area contributed by atoms with Crippen LogP contribution >= 0.6 is 0 Å². The number of carbonyl (C=O) groups excluding carboxylic acids is 4. The molecule has 3 amide bonds. The molecule has 0 N–H and O–H groups in total. The van der Waals surface area contributed by atoms with Gasteiger partial charge in [0.15, 0.2) is 0 Å². The van der Waals surface area contributed by atoms with Gasteiger partial charge in [-0.15, -0.1) is 12.8 Å². The van der Waals surface area contributed by atoms with Crippen LogP contribution in [0.5, 0.6) is 5.75 Å². The van der Waals surface area contributed by atoms with Gasteiger partial charge >= 0.3 is 5.97 Å². The van der Waals surface area contributed by atoms with Gasteiger partial charge in [-0.2, -0.15) is 5.06 Å². The number of carbonyl (C=O) groups is 4. The van der Waals surface area contributed by atoms with Crippen LogP contribution in [0.3, 0.4) is 0 Å². The van der Waals surface area contributed by atoms with Crippen molar-refractivity contribution in [3.63, 3.8) is 0 Å². The Morgan fingerprint density at radius 2 is 1.39 bits per heavy atom. The van der Waals surface area contributed by atoms with Crippen LogP contribution in [-0.4, -0.2) is 23.7 Å². The van der Waals surface area contributed by atoms with Crippen LogP contribution in [0.2, 0.25) is 0 Å². The summed E-state index contributed by atoms with van der Waals surface area (Å²) in [7, 11) is 0. The number of hydroxylamine groups is 1. The molecule has 0 saturated heterocycles. The minimum Gasteiger partial charge on any atom is -0.423 e. The van der Waals surface area contributed by atoms with Crippen molar-refractivity contribution in [1.82, 2.24) is 0 Å². The third kappa shape index (κ3) is 4.41. The average molecular weight is 539 g/mol. The summed E-state index contributed by atoms with van der Waals surface area (Å²) in [5, 5.41) is 1.01. The molecule has 0 fully saturated rings. The van der Waals surface area contributed by atoms with Gasteiger partial charge in [-0.3, -0.25) is 19.2 Å². The quantitative estimate of drug-likeness (QED) is 0.161. The van der Waals surface area contributed by atoms with Gasteiger partial charge in [0, 0.05) is 16.7 Å². The number of terminal acetylenes is 2. The highest BCUT2D eigenvalue weighted by molar-refractivity contribution is 6.34. The summed E-state index contributed by atoms with van der Waals surface area (Å²) in [6.07, 6.45) is 11.0. The SMILES string of the molecule is C#Cc1ccc2c(c1)CON(c1cc(C(=O)Oc3ccccc3)cc(N3C(=O)c4ccc(C#C)cc4C3=O)c1)C2=O. The third-order valence-corrected chi connectivity index (χ3v) is 6.67. The monoisotopic (exact) mass is 538 g/mol. The fourth-order valence-electron chi connectivity index (χ4n) is 4.68. The maximum absolute atomic E-state index is 13.5. The predicted molar refractivity (Wildman–Crippen MR) is 149 cm³/mol. The Kier molecular flexibility index (Phi) is 6.16. The number of hydrogen-bond donors (Lipinski definition) is 0. The van der Waals surface area contributed by atoms with Crippen molar-refractivity contribution < 1.29 is 28.8 Å². The Labute approximate surface area is 234 Å². The molecule has 2 aliphatic heterocycles. The van der Waals surface area contributed by atoms with Gasteiger partial charge in [-0.25, -0.2) is 9.69 Å². The average Bonchev–Trinajstić information content (AvgIpc) is 3.25. The smallest absolute Gasteiger partial charge is 0.343 e. The highest BCUT2D eigenvalue weighted by Crippen LogP contribution is 2.35. The van der Waals surface area contributed by atoms with Crippen molar-refractivity contribution in [3.8, 4) is 30.4 Å².